The van der Waals surface area contributed by atoms with Gasteiger partial charge in [0.05, 0.1) is 22.5 Å². The molecule has 0 amide bonds. The minimum Gasteiger partial charge on any atom is -0.330 e. The number of aryl methyl sites for hydroxylation is 2. The predicted octanol–water partition coefficient (Wildman–Crippen LogP) is 5.05. The van der Waals surface area contributed by atoms with E-state index in [0.29, 0.717) is 0 Å². The number of anilines is 2. The molecule has 3 aromatic heterocycles. The van der Waals surface area contributed by atoms with E-state index in [0.717, 1.165) is 16.5 Å². The van der Waals surface area contributed by atoms with Crippen LogP contribution in [0, 0.1) is 13.8 Å². The minimum atomic E-state index is 0. The molecule has 104 valence electrons. The van der Waals surface area contributed by atoms with E-state index in [4.69, 9.17) is 0 Å². The lowest BCUT2D eigenvalue weighted by atomic mass is 10.2. The van der Waals surface area contributed by atoms with Crippen molar-refractivity contribution in [2.24, 2.45) is 0 Å². The highest BCUT2D eigenvalue weighted by Crippen LogP contribution is 2.31. The molecule has 20 heavy (non-hydrogen) atoms. The van der Waals surface area contributed by atoms with Crippen LogP contribution in [0.5, 0.6) is 0 Å². The van der Waals surface area contributed by atoms with Crippen LogP contribution in [0.15, 0.2) is 36.0 Å². The van der Waals surface area contributed by atoms with E-state index in [9.17, 15) is 0 Å². The summed E-state index contributed by atoms with van der Waals surface area (Å²) in [4.78, 5) is 11.3. The van der Waals surface area contributed by atoms with Crippen molar-refractivity contribution in [2.45, 2.75) is 13.8 Å². The Hall–Kier alpha value is -1.43. The minimum absolute atomic E-state index is 0. The summed E-state index contributed by atoms with van der Waals surface area (Å²) in [6.45, 7) is 4.17. The van der Waals surface area contributed by atoms with Gasteiger partial charge in [-0.3, -0.25) is 4.98 Å². The molecule has 0 saturated heterocycles. The summed E-state index contributed by atoms with van der Waals surface area (Å²) in [7, 11) is 0. The molecule has 0 atom stereocenters. The van der Waals surface area contributed by atoms with Gasteiger partial charge in [-0.1, -0.05) is 0 Å². The zero-order chi connectivity index (χ0) is 13.2. The lowest BCUT2D eigenvalue weighted by molar-refractivity contribution is 1.27. The molecule has 0 aliphatic rings. The number of thiazole rings is 1. The van der Waals surface area contributed by atoms with Crippen molar-refractivity contribution >= 4 is 45.9 Å². The van der Waals surface area contributed by atoms with Gasteiger partial charge in [0, 0.05) is 16.5 Å². The van der Waals surface area contributed by atoms with Crippen LogP contribution in [0.25, 0.3) is 10.6 Å². The van der Waals surface area contributed by atoms with E-state index < -0.39 is 0 Å². The van der Waals surface area contributed by atoms with Gasteiger partial charge in [0.1, 0.15) is 0 Å². The first-order chi connectivity index (χ1) is 9.22. The highest BCUT2D eigenvalue weighted by atomic mass is 35.5. The number of hydrogen-bond acceptors (Lipinski definition) is 5. The molecule has 0 unspecified atom stereocenters. The lowest BCUT2D eigenvalue weighted by Crippen LogP contribution is -1.93. The molecule has 0 aliphatic carbocycles. The fourth-order valence-corrected chi connectivity index (χ4v) is 3.35. The Labute approximate surface area is 132 Å². The summed E-state index contributed by atoms with van der Waals surface area (Å²) in [5, 5.41) is 6.30. The zero-order valence-corrected chi connectivity index (χ0v) is 13.5. The quantitative estimate of drug-likeness (QED) is 0.733. The monoisotopic (exact) mass is 323 g/mol. The van der Waals surface area contributed by atoms with Crippen molar-refractivity contribution in [3.63, 3.8) is 0 Å². The highest BCUT2D eigenvalue weighted by molar-refractivity contribution is 7.17. The van der Waals surface area contributed by atoms with Gasteiger partial charge in [-0.15, -0.1) is 35.1 Å². The Morgan fingerprint density at radius 2 is 2.00 bits per heavy atom. The number of thiophene rings is 1. The van der Waals surface area contributed by atoms with E-state index in [1.54, 1.807) is 28.9 Å². The molecule has 3 heterocycles. The summed E-state index contributed by atoms with van der Waals surface area (Å²) in [6, 6.07) is 6.23. The van der Waals surface area contributed by atoms with Crippen LogP contribution in [0.3, 0.4) is 0 Å². The first kappa shape index (κ1) is 15.0. The average molecular weight is 324 g/mol. The predicted molar refractivity (Wildman–Crippen MR) is 89.7 cm³/mol. The molecule has 0 bridgehead atoms. The van der Waals surface area contributed by atoms with Gasteiger partial charge in [0.25, 0.3) is 0 Å². The lowest BCUT2D eigenvalue weighted by Gasteiger charge is -2.04. The molecule has 0 aromatic carbocycles. The van der Waals surface area contributed by atoms with Crippen LogP contribution in [0.1, 0.15) is 10.4 Å². The van der Waals surface area contributed by atoms with E-state index in [1.165, 1.54) is 15.3 Å². The van der Waals surface area contributed by atoms with E-state index in [-0.39, 0.29) is 12.4 Å². The van der Waals surface area contributed by atoms with Gasteiger partial charge in [0.2, 0.25) is 0 Å². The molecule has 1 N–H and O–H groups in total. The smallest absolute Gasteiger partial charge is 0.187 e. The molecule has 3 aromatic rings. The summed E-state index contributed by atoms with van der Waals surface area (Å²) in [5.74, 6) is 0. The zero-order valence-electron chi connectivity index (χ0n) is 11.1. The SMILES string of the molecule is Cc1ccc(-c2csc(Nc3cnccc3C)n2)s1.Cl. The molecule has 0 saturated carbocycles. The Morgan fingerprint density at radius 3 is 2.70 bits per heavy atom. The van der Waals surface area contributed by atoms with E-state index in [2.05, 4.69) is 46.6 Å². The molecular weight excluding hydrogens is 310 g/mol. The van der Waals surface area contributed by atoms with Crippen LogP contribution in [0.4, 0.5) is 10.8 Å². The molecule has 0 radical (unpaired) electrons. The molecule has 0 spiro atoms. The van der Waals surface area contributed by atoms with Crippen LogP contribution in [0.2, 0.25) is 0 Å². The molecule has 0 aliphatic heterocycles. The van der Waals surface area contributed by atoms with Crippen molar-refractivity contribution in [1.82, 2.24) is 9.97 Å². The third-order valence-electron chi connectivity index (χ3n) is 2.78. The number of nitrogens with zero attached hydrogens (tertiary/aromatic N) is 2. The summed E-state index contributed by atoms with van der Waals surface area (Å²) < 4.78 is 0. The maximum Gasteiger partial charge on any atom is 0.187 e. The van der Waals surface area contributed by atoms with Crippen molar-refractivity contribution in [2.75, 3.05) is 5.32 Å². The van der Waals surface area contributed by atoms with Crippen molar-refractivity contribution in [3.8, 4) is 10.6 Å². The van der Waals surface area contributed by atoms with Crippen LogP contribution in [-0.4, -0.2) is 9.97 Å². The number of hydrogen-bond donors (Lipinski definition) is 1. The molecule has 3 nitrogen and oxygen atoms in total. The largest absolute Gasteiger partial charge is 0.330 e. The van der Waals surface area contributed by atoms with Crippen molar-refractivity contribution in [1.29, 1.82) is 0 Å². The second-order valence-corrected chi connectivity index (χ2v) is 6.41. The van der Waals surface area contributed by atoms with Gasteiger partial charge in [-0.2, -0.15) is 0 Å². The molecule has 0 fully saturated rings. The van der Waals surface area contributed by atoms with Crippen molar-refractivity contribution in [3.05, 3.63) is 46.4 Å². The van der Waals surface area contributed by atoms with Gasteiger partial charge in [-0.05, 0) is 37.6 Å². The first-order valence-electron chi connectivity index (χ1n) is 5.92. The Bertz CT molecular complexity index is 706. The highest BCUT2D eigenvalue weighted by Gasteiger charge is 2.07. The van der Waals surface area contributed by atoms with Gasteiger partial charge in [0.15, 0.2) is 5.13 Å². The fourth-order valence-electron chi connectivity index (χ4n) is 1.73. The Morgan fingerprint density at radius 1 is 1.15 bits per heavy atom. The Kier molecular flexibility index (Phi) is 4.75. The summed E-state index contributed by atoms with van der Waals surface area (Å²) in [6.07, 6.45) is 3.62. The van der Waals surface area contributed by atoms with Gasteiger partial charge >= 0.3 is 0 Å². The first-order valence-corrected chi connectivity index (χ1v) is 7.62. The average Bonchev–Trinajstić information content (AvgIpc) is 3.01. The van der Waals surface area contributed by atoms with Gasteiger partial charge < -0.3 is 5.32 Å². The summed E-state index contributed by atoms with van der Waals surface area (Å²) >= 11 is 3.38. The molecular formula is C14H14ClN3S2. The number of pyridine rings is 1. The number of aromatic nitrogens is 2. The Balaban J connectivity index is 0.00000147. The summed E-state index contributed by atoms with van der Waals surface area (Å²) in [5.41, 5.74) is 3.21. The van der Waals surface area contributed by atoms with E-state index >= 15 is 0 Å². The second kappa shape index (κ2) is 6.35. The number of halogens is 1. The van der Waals surface area contributed by atoms with Crippen LogP contribution in [-0.2, 0) is 0 Å². The third kappa shape index (κ3) is 3.17. The standard InChI is InChI=1S/C14H13N3S2.ClH/c1-9-5-6-15-7-11(9)16-14-17-12(8-18-14)13-4-3-10(2)19-13;/h3-8H,1-2H3,(H,16,17);1H. The van der Waals surface area contributed by atoms with E-state index in [1.807, 2.05) is 12.3 Å². The van der Waals surface area contributed by atoms with Gasteiger partial charge in [-0.25, -0.2) is 4.98 Å². The third-order valence-corrected chi connectivity index (χ3v) is 4.56. The number of nitrogens with one attached hydrogen (secondary N) is 1. The number of rotatable bonds is 3. The van der Waals surface area contributed by atoms with Crippen molar-refractivity contribution < 1.29 is 0 Å². The second-order valence-electron chi connectivity index (χ2n) is 4.26. The normalized spacial score (nSPS) is 10.1. The maximum atomic E-state index is 4.62. The fraction of sp³-hybridized carbons (Fsp3) is 0.143. The molecule has 6 heteroatoms. The van der Waals surface area contributed by atoms with Crippen LogP contribution < -0.4 is 5.32 Å². The maximum absolute atomic E-state index is 4.62. The topological polar surface area (TPSA) is 37.8 Å². The molecule has 3 rings (SSSR count). The van der Waals surface area contributed by atoms with Crippen LogP contribution >= 0.6 is 35.1 Å².